The molecule has 136 valence electrons. The van der Waals surface area contributed by atoms with Gasteiger partial charge in [-0.05, 0) is 25.8 Å². The number of hydrogen-bond acceptors (Lipinski definition) is 4. The van der Waals surface area contributed by atoms with Crippen LogP contribution in [-0.2, 0) is 11.3 Å². The average molecular weight is 374 g/mol. The minimum absolute atomic E-state index is 0.383. The highest BCUT2D eigenvalue weighted by atomic mass is 35.5. The smallest absolute Gasteiger partial charge is 0.322 e. The first-order valence-electron chi connectivity index (χ1n) is 8.33. The zero-order chi connectivity index (χ0) is 18.9. The Bertz CT molecular complexity index is 877. The molecule has 1 aromatic heterocycles. The summed E-state index contributed by atoms with van der Waals surface area (Å²) < 4.78 is 1.66. The number of hydrazone groups is 1. The van der Waals surface area contributed by atoms with Crippen molar-refractivity contribution in [3.8, 4) is 0 Å². The molecule has 8 heteroatoms. The van der Waals surface area contributed by atoms with Gasteiger partial charge in [-0.3, -0.25) is 4.79 Å². The van der Waals surface area contributed by atoms with Crippen LogP contribution in [0.25, 0.3) is 0 Å². The summed E-state index contributed by atoms with van der Waals surface area (Å²) in [5.41, 5.74) is 1.38. The first kappa shape index (κ1) is 18.1. The highest BCUT2D eigenvalue weighted by Gasteiger charge is 2.46. The van der Waals surface area contributed by atoms with Gasteiger partial charge in [0.1, 0.15) is 10.7 Å². The molecule has 3 rings (SSSR count). The molecule has 1 aromatic carbocycles. The van der Waals surface area contributed by atoms with Crippen molar-refractivity contribution in [3.63, 3.8) is 0 Å². The number of carbonyl (C=O) groups excluding carboxylic acids is 2. The third-order valence-electron chi connectivity index (χ3n) is 4.53. The van der Waals surface area contributed by atoms with Crippen LogP contribution >= 0.6 is 11.6 Å². The number of imide groups is 1. The van der Waals surface area contributed by atoms with Crippen LogP contribution in [0.3, 0.4) is 0 Å². The van der Waals surface area contributed by atoms with E-state index in [4.69, 9.17) is 11.6 Å². The number of aromatic nitrogens is 2. The Labute approximate surface area is 156 Å². The number of carbonyl (C=O) groups is 2. The predicted molar refractivity (Wildman–Crippen MR) is 99.2 cm³/mol. The summed E-state index contributed by atoms with van der Waals surface area (Å²) in [6.07, 6.45) is 1.89. The van der Waals surface area contributed by atoms with Crippen LogP contribution in [0.15, 0.2) is 35.4 Å². The molecule has 1 aliphatic rings. The van der Waals surface area contributed by atoms with Gasteiger partial charge in [-0.2, -0.15) is 10.2 Å². The molecule has 2 heterocycles. The second kappa shape index (κ2) is 6.92. The SMILES string of the molecule is CC[C@]1(C)NC(=O)N(/N=C\c2c(C)nn(Cc3ccccc3)c2Cl)C1=O. The van der Waals surface area contributed by atoms with E-state index in [2.05, 4.69) is 15.5 Å². The molecule has 0 saturated carbocycles. The molecule has 7 nitrogen and oxygen atoms in total. The van der Waals surface area contributed by atoms with Crippen molar-refractivity contribution >= 4 is 29.8 Å². The van der Waals surface area contributed by atoms with E-state index in [0.717, 1.165) is 10.6 Å². The number of benzene rings is 1. The van der Waals surface area contributed by atoms with Gasteiger partial charge in [-0.25, -0.2) is 9.48 Å². The molecule has 1 atom stereocenters. The third-order valence-corrected chi connectivity index (χ3v) is 4.93. The topological polar surface area (TPSA) is 79.6 Å². The largest absolute Gasteiger partial charge is 0.346 e. The van der Waals surface area contributed by atoms with Gasteiger partial charge in [0.2, 0.25) is 0 Å². The molecular formula is C18H20ClN5O2. The number of halogens is 1. The third kappa shape index (κ3) is 3.22. The number of hydrogen-bond donors (Lipinski definition) is 1. The quantitative estimate of drug-likeness (QED) is 0.646. The van der Waals surface area contributed by atoms with E-state index >= 15 is 0 Å². The maximum Gasteiger partial charge on any atom is 0.346 e. The fraction of sp³-hybridized carbons (Fsp3) is 0.333. The summed E-state index contributed by atoms with van der Waals surface area (Å²) in [7, 11) is 0. The summed E-state index contributed by atoms with van der Waals surface area (Å²) in [5.74, 6) is -0.383. The molecule has 26 heavy (non-hydrogen) atoms. The molecule has 0 aliphatic carbocycles. The fourth-order valence-corrected chi connectivity index (χ4v) is 2.99. The summed E-state index contributed by atoms with van der Waals surface area (Å²) in [6.45, 7) is 5.83. The van der Waals surface area contributed by atoms with Crippen LogP contribution in [-0.4, -0.2) is 38.5 Å². The Morgan fingerprint density at radius 3 is 2.62 bits per heavy atom. The van der Waals surface area contributed by atoms with Crippen LogP contribution in [0.5, 0.6) is 0 Å². The van der Waals surface area contributed by atoms with Gasteiger partial charge < -0.3 is 5.32 Å². The van der Waals surface area contributed by atoms with Crippen molar-refractivity contribution < 1.29 is 9.59 Å². The van der Waals surface area contributed by atoms with Crippen LogP contribution < -0.4 is 5.32 Å². The Morgan fingerprint density at radius 1 is 1.31 bits per heavy atom. The van der Waals surface area contributed by atoms with Crippen molar-refractivity contribution in [1.29, 1.82) is 0 Å². The van der Waals surface area contributed by atoms with Gasteiger partial charge >= 0.3 is 6.03 Å². The number of aryl methyl sites for hydroxylation is 1. The number of urea groups is 1. The first-order valence-corrected chi connectivity index (χ1v) is 8.71. The van der Waals surface area contributed by atoms with Gasteiger partial charge in [0.25, 0.3) is 5.91 Å². The molecule has 1 saturated heterocycles. The van der Waals surface area contributed by atoms with Gasteiger partial charge in [0.15, 0.2) is 0 Å². The molecule has 1 fully saturated rings. The molecule has 0 unspecified atom stereocenters. The predicted octanol–water partition coefficient (Wildman–Crippen LogP) is 2.95. The number of nitrogens with one attached hydrogen (secondary N) is 1. The normalized spacial score (nSPS) is 20.2. The van der Waals surface area contributed by atoms with Crippen molar-refractivity contribution in [1.82, 2.24) is 20.1 Å². The Kier molecular flexibility index (Phi) is 4.82. The summed E-state index contributed by atoms with van der Waals surface area (Å²) >= 11 is 6.43. The molecule has 3 amide bonds. The van der Waals surface area contributed by atoms with E-state index in [-0.39, 0.29) is 5.91 Å². The van der Waals surface area contributed by atoms with Crippen LogP contribution in [0.4, 0.5) is 4.79 Å². The van der Waals surface area contributed by atoms with Crippen LogP contribution in [0.2, 0.25) is 5.15 Å². The van der Waals surface area contributed by atoms with Crippen LogP contribution in [0.1, 0.15) is 37.1 Å². The molecule has 0 bridgehead atoms. The average Bonchev–Trinajstić information content (AvgIpc) is 3.01. The van der Waals surface area contributed by atoms with Crippen LogP contribution in [0, 0.1) is 6.92 Å². The Balaban J connectivity index is 1.83. The van der Waals surface area contributed by atoms with Gasteiger partial charge in [-0.15, -0.1) is 5.01 Å². The lowest BCUT2D eigenvalue weighted by Crippen LogP contribution is -2.42. The Hall–Kier alpha value is -2.67. The molecule has 2 aromatic rings. The van der Waals surface area contributed by atoms with Crippen molar-refractivity contribution in [2.75, 3.05) is 0 Å². The summed E-state index contributed by atoms with van der Waals surface area (Å²) in [6, 6.07) is 9.27. The van der Waals surface area contributed by atoms with Gasteiger partial charge in [0.05, 0.1) is 24.0 Å². The second-order valence-corrected chi connectivity index (χ2v) is 6.77. The zero-order valence-corrected chi connectivity index (χ0v) is 15.6. The van der Waals surface area contributed by atoms with Crippen molar-refractivity contribution in [2.24, 2.45) is 5.10 Å². The van der Waals surface area contributed by atoms with E-state index in [0.29, 0.717) is 29.4 Å². The molecule has 1 aliphatic heterocycles. The first-order chi connectivity index (χ1) is 12.4. The number of amides is 3. The van der Waals surface area contributed by atoms with Crippen molar-refractivity contribution in [2.45, 2.75) is 39.3 Å². The fourth-order valence-electron chi connectivity index (χ4n) is 2.70. The zero-order valence-electron chi connectivity index (χ0n) is 14.9. The van der Waals surface area contributed by atoms with E-state index in [1.165, 1.54) is 6.21 Å². The Morgan fingerprint density at radius 2 is 2.00 bits per heavy atom. The standard InChI is InChI=1S/C18H20ClN5O2/c1-4-18(3)16(25)24(17(26)21-18)20-10-14-12(2)22-23(15(14)19)11-13-8-6-5-7-9-13/h5-10H,4,11H2,1-3H3,(H,21,26)/b20-10-/t18-/m0/s1. The van der Waals surface area contributed by atoms with Gasteiger partial charge in [0, 0.05) is 0 Å². The molecule has 0 spiro atoms. The van der Waals surface area contributed by atoms with Gasteiger partial charge in [-0.1, -0.05) is 48.9 Å². The summed E-state index contributed by atoms with van der Waals surface area (Å²) in [4.78, 5) is 24.4. The lowest BCUT2D eigenvalue weighted by Gasteiger charge is -2.17. The number of nitrogens with zero attached hydrogens (tertiary/aromatic N) is 4. The van der Waals surface area contributed by atoms with E-state index in [1.807, 2.05) is 37.3 Å². The van der Waals surface area contributed by atoms with E-state index in [9.17, 15) is 9.59 Å². The molecular weight excluding hydrogens is 354 g/mol. The monoisotopic (exact) mass is 373 g/mol. The lowest BCUT2D eigenvalue weighted by atomic mass is 10.00. The number of rotatable bonds is 5. The van der Waals surface area contributed by atoms with Crippen molar-refractivity contribution in [3.05, 3.63) is 52.3 Å². The molecule has 1 N–H and O–H groups in total. The maximum absolute atomic E-state index is 12.4. The minimum atomic E-state index is -0.926. The lowest BCUT2D eigenvalue weighted by molar-refractivity contribution is -0.130. The van der Waals surface area contributed by atoms with E-state index in [1.54, 1.807) is 18.5 Å². The maximum atomic E-state index is 12.4. The highest BCUT2D eigenvalue weighted by Crippen LogP contribution is 2.23. The highest BCUT2D eigenvalue weighted by molar-refractivity contribution is 6.32. The minimum Gasteiger partial charge on any atom is -0.322 e. The summed E-state index contributed by atoms with van der Waals surface area (Å²) in [5, 5.41) is 12.4. The second-order valence-electron chi connectivity index (χ2n) is 6.41. The molecule has 0 radical (unpaired) electrons. The van der Waals surface area contributed by atoms with E-state index < -0.39 is 11.6 Å².